The number of rotatable bonds is 9. The molecule has 186 valence electrons. The molecule has 0 bridgehead atoms. The fourth-order valence-electron chi connectivity index (χ4n) is 4.72. The number of hydrogen-bond donors (Lipinski definition) is 1. The van der Waals surface area contributed by atoms with Crippen LogP contribution in [0.2, 0.25) is 0 Å². The van der Waals surface area contributed by atoms with Crippen LogP contribution in [-0.4, -0.2) is 44.1 Å². The highest BCUT2D eigenvalue weighted by Crippen LogP contribution is 2.31. The van der Waals surface area contributed by atoms with E-state index in [0.717, 1.165) is 34.5 Å². The third-order valence-electron chi connectivity index (χ3n) is 6.77. The summed E-state index contributed by atoms with van der Waals surface area (Å²) in [5.41, 5.74) is 3.67. The lowest BCUT2D eigenvalue weighted by Crippen LogP contribution is -2.36. The first-order valence-corrected chi connectivity index (χ1v) is 12.4. The third-order valence-corrected chi connectivity index (χ3v) is 6.77. The predicted octanol–water partition coefficient (Wildman–Crippen LogP) is 5.04. The van der Waals surface area contributed by atoms with Crippen molar-refractivity contribution < 1.29 is 19.4 Å². The van der Waals surface area contributed by atoms with E-state index in [9.17, 15) is 14.7 Å². The molecule has 1 aromatic carbocycles. The maximum atomic E-state index is 13.0. The van der Waals surface area contributed by atoms with Crippen molar-refractivity contribution in [1.82, 2.24) is 14.5 Å². The first kappa shape index (κ1) is 24.8. The maximum Gasteiger partial charge on any atom is 0.309 e. The first-order valence-electron chi connectivity index (χ1n) is 12.4. The van der Waals surface area contributed by atoms with Crippen molar-refractivity contribution in [1.29, 1.82) is 0 Å². The second kappa shape index (κ2) is 10.1. The topological polar surface area (TPSA) is 84.7 Å². The molecule has 4 rings (SSSR count). The van der Waals surface area contributed by atoms with Crippen molar-refractivity contribution in [2.24, 2.45) is 5.41 Å². The van der Waals surface area contributed by atoms with E-state index in [1.807, 2.05) is 43.1 Å². The molecule has 0 saturated heterocycles. The van der Waals surface area contributed by atoms with E-state index in [-0.39, 0.29) is 12.0 Å². The van der Waals surface area contributed by atoms with Crippen LogP contribution in [0.3, 0.4) is 0 Å². The number of pyridine rings is 1. The number of aliphatic carboxylic acids is 1. The second-order valence-corrected chi connectivity index (χ2v) is 10.3. The molecule has 0 spiro atoms. The predicted molar refractivity (Wildman–Crippen MR) is 135 cm³/mol. The molecule has 3 heterocycles. The Morgan fingerprint density at radius 1 is 1.17 bits per heavy atom. The second-order valence-electron chi connectivity index (χ2n) is 10.3. The van der Waals surface area contributed by atoms with Crippen LogP contribution in [0.5, 0.6) is 5.75 Å². The minimum absolute atomic E-state index is 0.0804. The van der Waals surface area contributed by atoms with Gasteiger partial charge in [-0.3, -0.25) is 9.59 Å². The average Bonchev–Trinajstić information content (AvgIpc) is 3.12. The monoisotopic (exact) mass is 477 g/mol. The lowest BCUT2D eigenvalue weighted by atomic mass is 9.87. The van der Waals surface area contributed by atoms with Gasteiger partial charge < -0.3 is 19.3 Å². The minimum atomic E-state index is -0.826. The quantitative estimate of drug-likeness (QED) is 0.467. The van der Waals surface area contributed by atoms with Crippen molar-refractivity contribution >= 4 is 22.9 Å². The van der Waals surface area contributed by atoms with Gasteiger partial charge in [-0.2, -0.15) is 0 Å². The number of hydrogen-bond acceptors (Lipinski definition) is 4. The zero-order chi connectivity index (χ0) is 25.2. The first-order chi connectivity index (χ1) is 16.7. The summed E-state index contributed by atoms with van der Waals surface area (Å²) in [4.78, 5) is 31.0. The van der Waals surface area contributed by atoms with Gasteiger partial charge in [0.05, 0.1) is 18.1 Å². The molecule has 2 aromatic heterocycles. The number of amides is 1. The molecule has 3 aromatic rings. The molecular weight excluding hydrogens is 442 g/mol. The van der Waals surface area contributed by atoms with Crippen LogP contribution in [0.25, 0.3) is 11.0 Å². The van der Waals surface area contributed by atoms with Crippen molar-refractivity contribution in [2.75, 3.05) is 6.54 Å². The minimum Gasteiger partial charge on any atom is -0.491 e. The fraction of sp³-hybridized carbons (Fsp3) is 0.464. The van der Waals surface area contributed by atoms with Crippen LogP contribution < -0.4 is 4.74 Å². The van der Waals surface area contributed by atoms with Gasteiger partial charge >= 0.3 is 5.97 Å². The Morgan fingerprint density at radius 2 is 1.91 bits per heavy atom. The van der Waals surface area contributed by atoms with E-state index in [0.29, 0.717) is 38.9 Å². The Bertz CT molecular complexity index is 1210. The average molecular weight is 478 g/mol. The molecule has 1 amide bonds. The van der Waals surface area contributed by atoms with E-state index in [2.05, 4.69) is 27.8 Å². The van der Waals surface area contributed by atoms with Gasteiger partial charge in [-0.05, 0) is 82.3 Å². The Kier molecular flexibility index (Phi) is 7.15. The van der Waals surface area contributed by atoms with Crippen molar-refractivity contribution in [2.45, 2.75) is 72.6 Å². The Balaban J connectivity index is 1.53. The van der Waals surface area contributed by atoms with Crippen LogP contribution >= 0.6 is 0 Å². The number of carboxylic acid groups (broad SMARTS) is 1. The number of nitrogens with zero attached hydrogens (tertiary/aromatic N) is 3. The van der Waals surface area contributed by atoms with Crippen LogP contribution in [0.1, 0.15) is 63.8 Å². The van der Waals surface area contributed by atoms with E-state index < -0.39 is 11.4 Å². The molecule has 7 heteroatoms. The fourth-order valence-corrected chi connectivity index (χ4v) is 4.72. The smallest absolute Gasteiger partial charge is 0.309 e. The van der Waals surface area contributed by atoms with Gasteiger partial charge in [0.15, 0.2) is 0 Å². The number of carbonyl (C=O) groups excluding carboxylic acids is 1. The summed E-state index contributed by atoms with van der Waals surface area (Å²) in [6.07, 6.45) is 4.14. The molecule has 0 saturated carbocycles. The van der Waals surface area contributed by atoms with E-state index in [4.69, 9.17) is 4.74 Å². The Hall–Kier alpha value is -3.35. The highest BCUT2D eigenvalue weighted by molar-refractivity contribution is 5.84. The molecule has 0 atom stereocenters. The van der Waals surface area contributed by atoms with Gasteiger partial charge in [-0.25, -0.2) is 4.98 Å². The van der Waals surface area contributed by atoms with Crippen molar-refractivity contribution in [3.05, 3.63) is 59.4 Å². The van der Waals surface area contributed by atoms with Gasteiger partial charge in [0.2, 0.25) is 5.91 Å². The van der Waals surface area contributed by atoms with Gasteiger partial charge in [-0.1, -0.05) is 12.1 Å². The largest absolute Gasteiger partial charge is 0.491 e. The summed E-state index contributed by atoms with van der Waals surface area (Å²) in [6, 6.07) is 12.2. The zero-order valence-electron chi connectivity index (χ0n) is 21.1. The number of benzene rings is 1. The molecule has 0 fully saturated rings. The summed E-state index contributed by atoms with van der Waals surface area (Å²) in [5.74, 6) is 0.106. The molecular formula is C28H35N3O4. The van der Waals surface area contributed by atoms with Crippen molar-refractivity contribution in [3.63, 3.8) is 0 Å². The normalized spacial score (nSPS) is 13.8. The third kappa shape index (κ3) is 5.50. The van der Waals surface area contributed by atoms with Crippen LogP contribution in [0.15, 0.2) is 42.6 Å². The number of carbonyl (C=O) groups is 2. The molecule has 1 N–H and O–H groups in total. The lowest BCUT2D eigenvalue weighted by molar-refractivity contribution is -0.147. The van der Waals surface area contributed by atoms with Gasteiger partial charge in [0.1, 0.15) is 11.4 Å². The Morgan fingerprint density at radius 3 is 2.60 bits per heavy atom. The summed E-state index contributed by atoms with van der Waals surface area (Å²) in [5, 5.41) is 10.5. The summed E-state index contributed by atoms with van der Waals surface area (Å²) in [6.45, 7) is 9.32. The van der Waals surface area contributed by atoms with E-state index in [1.54, 1.807) is 13.8 Å². The van der Waals surface area contributed by atoms with Crippen molar-refractivity contribution in [3.8, 4) is 5.75 Å². The number of aromatic nitrogens is 2. The highest BCUT2D eigenvalue weighted by Gasteiger charge is 2.29. The molecule has 0 aliphatic carbocycles. The molecule has 1 aliphatic rings. The highest BCUT2D eigenvalue weighted by atomic mass is 16.5. The van der Waals surface area contributed by atoms with Gasteiger partial charge in [0.25, 0.3) is 0 Å². The standard InChI is InChI=1S/C28H35N3O4/c1-19(2)35-21-11-9-20(10-12-21)17-31-24-18-30(25(32)8-5-14-28(3,4)27(33)34)16-13-22(24)23-7-6-15-29-26(23)31/h6-7,9-12,15,19H,5,8,13-14,16-18H2,1-4H3,(H,33,34). The van der Waals surface area contributed by atoms with Crippen LogP contribution in [-0.2, 0) is 29.1 Å². The van der Waals surface area contributed by atoms with Gasteiger partial charge in [0, 0.05) is 36.8 Å². The summed E-state index contributed by atoms with van der Waals surface area (Å²) >= 11 is 0. The molecule has 35 heavy (non-hydrogen) atoms. The zero-order valence-corrected chi connectivity index (χ0v) is 21.1. The molecule has 1 aliphatic heterocycles. The maximum absolute atomic E-state index is 13.0. The SMILES string of the molecule is CC(C)Oc1ccc(Cn2c3c(c4cccnc42)CCN(C(=O)CCCC(C)(C)C(=O)O)C3)cc1. The molecule has 0 unspecified atom stereocenters. The molecule has 0 radical (unpaired) electrons. The van der Waals surface area contributed by atoms with Crippen LogP contribution in [0.4, 0.5) is 0 Å². The van der Waals surface area contributed by atoms with Crippen LogP contribution in [0, 0.1) is 5.41 Å². The number of carboxylic acids is 1. The number of fused-ring (bicyclic) bond motifs is 3. The van der Waals surface area contributed by atoms with E-state index in [1.165, 1.54) is 5.56 Å². The molecule has 7 nitrogen and oxygen atoms in total. The summed E-state index contributed by atoms with van der Waals surface area (Å²) in [7, 11) is 0. The van der Waals surface area contributed by atoms with Gasteiger partial charge in [-0.15, -0.1) is 0 Å². The Labute approximate surface area is 206 Å². The van der Waals surface area contributed by atoms with E-state index >= 15 is 0 Å². The number of ether oxygens (including phenoxy) is 1. The summed E-state index contributed by atoms with van der Waals surface area (Å²) < 4.78 is 8.01. The lowest BCUT2D eigenvalue weighted by Gasteiger charge is -2.29.